The Balaban J connectivity index is 2.00. The van der Waals surface area contributed by atoms with Crippen LogP contribution in [0.3, 0.4) is 0 Å². The van der Waals surface area contributed by atoms with Crippen LogP contribution in [0.4, 0.5) is 5.69 Å². The van der Waals surface area contributed by atoms with E-state index in [1.807, 2.05) is 6.92 Å². The summed E-state index contributed by atoms with van der Waals surface area (Å²) in [5, 5.41) is 2.64. The summed E-state index contributed by atoms with van der Waals surface area (Å²) in [6.45, 7) is 1.99. The fourth-order valence-electron chi connectivity index (χ4n) is 2.47. The van der Waals surface area contributed by atoms with E-state index in [0.717, 1.165) is 0 Å². The molecule has 0 spiro atoms. The molecule has 0 aliphatic rings. The van der Waals surface area contributed by atoms with Crippen molar-refractivity contribution in [2.45, 2.75) is 6.92 Å². The van der Waals surface area contributed by atoms with Crippen LogP contribution >= 0.6 is 0 Å². The number of anilines is 1. The van der Waals surface area contributed by atoms with Crippen molar-refractivity contribution in [3.63, 3.8) is 0 Å². The Labute approximate surface area is 163 Å². The van der Waals surface area contributed by atoms with Crippen molar-refractivity contribution in [1.29, 1.82) is 0 Å². The van der Waals surface area contributed by atoms with Crippen LogP contribution < -0.4 is 24.3 Å². The molecule has 8 nitrogen and oxygen atoms in total. The number of rotatable bonds is 9. The average molecular weight is 389 g/mol. The van der Waals surface area contributed by atoms with E-state index >= 15 is 0 Å². The van der Waals surface area contributed by atoms with Crippen LogP contribution in [0.1, 0.15) is 17.3 Å². The molecular weight excluding hydrogens is 366 g/mol. The highest BCUT2D eigenvalue weighted by Gasteiger charge is 2.22. The molecule has 2 aromatic carbocycles. The van der Waals surface area contributed by atoms with Gasteiger partial charge in [0.2, 0.25) is 5.75 Å². The fourth-order valence-corrected chi connectivity index (χ4v) is 2.47. The van der Waals surface area contributed by atoms with Gasteiger partial charge in [-0.05, 0) is 43.3 Å². The first-order valence-corrected chi connectivity index (χ1v) is 8.52. The lowest BCUT2D eigenvalue weighted by Gasteiger charge is -2.15. The van der Waals surface area contributed by atoms with E-state index in [2.05, 4.69) is 5.32 Å². The topological polar surface area (TPSA) is 92.3 Å². The standard InChI is InChI=1S/C20H23NO7/c1-5-27-14-8-6-13(7-9-14)21-17(22)12-28-20(23)15-10-11-16(24-2)19(26-4)18(15)25-3/h6-11H,5,12H2,1-4H3,(H,21,22). The first-order valence-electron chi connectivity index (χ1n) is 8.52. The molecule has 0 atom stereocenters. The van der Waals surface area contributed by atoms with E-state index < -0.39 is 18.5 Å². The largest absolute Gasteiger partial charge is 0.494 e. The number of benzene rings is 2. The van der Waals surface area contributed by atoms with Gasteiger partial charge in [0.05, 0.1) is 27.9 Å². The fraction of sp³-hybridized carbons (Fsp3) is 0.300. The summed E-state index contributed by atoms with van der Waals surface area (Å²) in [5.74, 6) is 0.338. The minimum absolute atomic E-state index is 0.119. The predicted molar refractivity (Wildman–Crippen MR) is 103 cm³/mol. The maximum absolute atomic E-state index is 12.4. The third-order valence-electron chi connectivity index (χ3n) is 3.71. The van der Waals surface area contributed by atoms with Gasteiger partial charge in [-0.1, -0.05) is 0 Å². The van der Waals surface area contributed by atoms with Crippen molar-refractivity contribution in [3.8, 4) is 23.0 Å². The maximum atomic E-state index is 12.4. The zero-order valence-corrected chi connectivity index (χ0v) is 16.2. The lowest BCUT2D eigenvalue weighted by atomic mass is 10.1. The van der Waals surface area contributed by atoms with Crippen LogP contribution in [-0.2, 0) is 9.53 Å². The highest BCUT2D eigenvalue weighted by molar-refractivity contribution is 5.97. The minimum atomic E-state index is -0.723. The monoisotopic (exact) mass is 389 g/mol. The Bertz CT molecular complexity index is 818. The van der Waals surface area contributed by atoms with E-state index in [-0.39, 0.29) is 17.1 Å². The molecule has 0 radical (unpaired) electrons. The first-order chi connectivity index (χ1) is 13.5. The molecule has 0 heterocycles. The molecule has 1 amide bonds. The van der Waals surface area contributed by atoms with Crippen molar-refractivity contribution in [2.24, 2.45) is 0 Å². The van der Waals surface area contributed by atoms with Gasteiger partial charge in [0.1, 0.15) is 11.3 Å². The summed E-state index contributed by atoms with van der Waals surface area (Å²) in [4.78, 5) is 24.4. The number of ether oxygens (including phenoxy) is 5. The molecule has 0 saturated carbocycles. The van der Waals surface area contributed by atoms with Crippen LogP contribution in [0.5, 0.6) is 23.0 Å². The third-order valence-corrected chi connectivity index (χ3v) is 3.71. The summed E-state index contributed by atoms with van der Waals surface area (Å²) in [6.07, 6.45) is 0. The van der Waals surface area contributed by atoms with Gasteiger partial charge in [-0.25, -0.2) is 4.79 Å². The molecule has 0 aromatic heterocycles. The second kappa shape index (κ2) is 10.1. The molecule has 0 aliphatic carbocycles. The Kier molecular flexibility index (Phi) is 7.50. The van der Waals surface area contributed by atoms with Gasteiger partial charge in [0.25, 0.3) is 5.91 Å². The minimum Gasteiger partial charge on any atom is -0.494 e. The van der Waals surface area contributed by atoms with E-state index in [1.54, 1.807) is 30.3 Å². The number of nitrogens with one attached hydrogen (secondary N) is 1. The van der Waals surface area contributed by atoms with Crippen molar-refractivity contribution in [1.82, 2.24) is 0 Å². The van der Waals surface area contributed by atoms with Gasteiger partial charge in [-0.15, -0.1) is 0 Å². The van der Waals surface area contributed by atoms with Crippen LogP contribution in [0, 0.1) is 0 Å². The average Bonchev–Trinajstić information content (AvgIpc) is 2.72. The maximum Gasteiger partial charge on any atom is 0.342 e. The zero-order valence-electron chi connectivity index (χ0n) is 16.2. The molecule has 0 aliphatic heterocycles. The molecule has 0 unspecified atom stereocenters. The molecule has 8 heteroatoms. The number of amides is 1. The molecule has 0 saturated heterocycles. The van der Waals surface area contributed by atoms with E-state index in [9.17, 15) is 9.59 Å². The van der Waals surface area contributed by atoms with E-state index in [1.165, 1.54) is 27.4 Å². The quantitative estimate of drug-likeness (QED) is 0.659. The summed E-state index contributed by atoms with van der Waals surface area (Å²) in [5.41, 5.74) is 0.683. The van der Waals surface area contributed by atoms with Gasteiger partial charge >= 0.3 is 5.97 Å². The SMILES string of the molecule is CCOc1ccc(NC(=O)COC(=O)c2ccc(OC)c(OC)c2OC)cc1. The van der Waals surface area contributed by atoms with Crippen LogP contribution in [0.25, 0.3) is 0 Å². The van der Waals surface area contributed by atoms with Crippen LogP contribution in [0.15, 0.2) is 36.4 Å². The van der Waals surface area contributed by atoms with Crippen molar-refractivity contribution in [3.05, 3.63) is 42.0 Å². The van der Waals surface area contributed by atoms with Gasteiger partial charge in [0.15, 0.2) is 18.1 Å². The number of methoxy groups -OCH3 is 3. The van der Waals surface area contributed by atoms with Crippen molar-refractivity contribution >= 4 is 17.6 Å². The lowest BCUT2D eigenvalue weighted by molar-refractivity contribution is -0.119. The molecule has 0 fully saturated rings. The van der Waals surface area contributed by atoms with Crippen LogP contribution in [0.2, 0.25) is 0 Å². The number of carbonyl (C=O) groups excluding carboxylic acids is 2. The Morgan fingerprint density at radius 2 is 1.57 bits per heavy atom. The number of hydrogen-bond donors (Lipinski definition) is 1. The molecule has 2 rings (SSSR count). The van der Waals surface area contributed by atoms with E-state index in [0.29, 0.717) is 23.8 Å². The van der Waals surface area contributed by atoms with Crippen molar-refractivity contribution < 1.29 is 33.3 Å². The molecule has 150 valence electrons. The Morgan fingerprint density at radius 1 is 0.893 bits per heavy atom. The number of esters is 1. The molecule has 0 bridgehead atoms. The highest BCUT2D eigenvalue weighted by atomic mass is 16.5. The number of hydrogen-bond acceptors (Lipinski definition) is 7. The molecular formula is C20H23NO7. The summed E-state index contributed by atoms with van der Waals surface area (Å²) < 4.78 is 26.1. The second-order valence-corrected chi connectivity index (χ2v) is 5.46. The Morgan fingerprint density at radius 3 is 2.14 bits per heavy atom. The third kappa shape index (κ3) is 5.06. The predicted octanol–water partition coefficient (Wildman–Crippen LogP) is 2.91. The summed E-state index contributed by atoms with van der Waals surface area (Å²) in [6, 6.07) is 9.90. The lowest BCUT2D eigenvalue weighted by Crippen LogP contribution is -2.21. The van der Waals surface area contributed by atoms with Gasteiger partial charge in [-0.3, -0.25) is 4.79 Å². The van der Waals surface area contributed by atoms with Crippen LogP contribution in [-0.4, -0.2) is 46.4 Å². The Hall–Kier alpha value is -3.42. The molecule has 2 aromatic rings. The van der Waals surface area contributed by atoms with Gasteiger partial charge in [0, 0.05) is 5.69 Å². The zero-order chi connectivity index (χ0) is 20.5. The van der Waals surface area contributed by atoms with Gasteiger partial charge < -0.3 is 29.0 Å². The first kappa shape index (κ1) is 20.9. The van der Waals surface area contributed by atoms with E-state index in [4.69, 9.17) is 23.7 Å². The summed E-state index contributed by atoms with van der Waals surface area (Å²) >= 11 is 0. The number of carbonyl (C=O) groups is 2. The summed E-state index contributed by atoms with van der Waals surface area (Å²) in [7, 11) is 4.30. The molecule has 28 heavy (non-hydrogen) atoms. The smallest absolute Gasteiger partial charge is 0.342 e. The normalized spacial score (nSPS) is 10.0. The second-order valence-electron chi connectivity index (χ2n) is 5.46. The highest BCUT2D eigenvalue weighted by Crippen LogP contribution is 2.39. The molecule has 1 N–H and O–H groups in total. The van der Waals surface area contributed by atoms with Crippen molar-refractivity contribution in [2.75, 3.05) is 39.9 Å². The van der Waals surface area contributed by atoms with Gasteiger partial charge in [-0.2, -0.15) is 0 Å².